The molecule has 34 heavy (non-hydrogen) atoms. The lowest BCUT2D eigenvalue weighted by atomic mass is 9.80. The number of nitrogens with one attached hydrogen (secondary N) is 1. The predicted octanol–water partition coefficient (Wildman–Crippen LogP) is 4.12. The molecule has 0 fully saturated rings. The molecule has 0 spiro atoms. The summed E-state index contributed by atoms with van der Waals surface area (Å²) in [5.74, 6) is -1.52. The van der Waals surface area contributed by atoms with Crippen LogP contribution in [0.1, 0.15) is 67.2 Å². The SMILES string of the molecule is CCC(C)C(c1ccc(C)cc1C)C(C)OC(=O)CNC(=O)c1nccc(OC)c1OC(C)=O. The Morgan fingerprint density at radius 3 is 2.41 bits per heavy atom. The Balaban J connectivity index is 2.11. The van der Waals surface area contributed by atoms with E-state index >= 15 is 0 Å². The van der Waals surface area contributed by atoms with Gasteiger partial charge in [-0.15, -0.1) is 0 Å². The molecule has 0 bridgehead atoms. The number of aryl methyl sites for hydroxylation is 2. The van der Waals surface area contributed by atoms with Crippen molar-refractivity contribution in [2.45, 2.75) is 60.0 Å². The number of rotatable bonds is 10. The molecule has 3 unspecified atom stereocenters. The number of benzene rings is 1. The molecule has 1 N–H and O–H groups in total. The van der Waals surface area contributed by atoms with Crippen LogP contribution in [0.3, 0.4) is 0 Å². The van der Waals surface area contributed by atoms with E-state index in [0.717, 1.165) is 17.5 Å². The summed E-state index contributed by atoms with van der Waals surface area (Å²) < 4.78 is 16.0. The molecule has 0 aliphatic rings. The van der Waals surface area contributed by atoms with E-state index in [2.05, 4.69) is 49.3 Å². The quantitative estimate of drug-likeness (QED) is 0.521. The Hall–Kier alpha value is -3.42. The maximum Gasteiger partial charge on any atom is 0.325 e. The Bertz CT molecular complexity index is 1040. The van der Waals surface area contributed by atoms with Crippen molar-refractivity contribution in [1.29, 1.82) is 0 Å². The zero-order valence-corrected chi connectivity index (χ0v) is 20.9. The van der Waals surface area contributed by atoms with E-state index < -0.39 is 23.9 Å². The molecule has 0 aliphatic heterocycles. The minimum absolute atomic E-state index is 0.0147. The van der Waals surface area contributed by atoms with Gasteiger partial charge in [-0.3, -0.25) is 14.4 Å². The summed E-state index contributed by atoms with van der Waals surface area (Å²) in [7, 11) is 1.38. The molecule has 8 heteroatoms. The van der Waals surface area contributed by atoms with Crippen LogP contribution in [0.15, 0.2) is 30.5 Å². The van der Waals surface area contributed by atoms with Gasteiger partial charge in [0.15, 0.2) is 11.4 Å². The second kappa shape index (κ2) is 12.2. The van der Waals surface area contributed by atoms with Crippen molar-refractivity contribution in [3.05, 3.63) is 52.8 Å². The average molecular weight is 471 g/mol. The second-order valence-electron chi connectivity index (χ2n) is 8.43. The number of ether oxygens (including phenoxy) is 3. The van der Waals surface area contributed by atoms with Crippen LogP contribution in [-0.2, 0) is 14.3 Å². The standard InChI is InChI=1S/C26H34N2O6/c1-8-16(3)23(20-10-9-15(2)13-17(20)4)18(5)33-22(30)14-28-26(31)24-25(34-19(6)29)21(32-7)11-12-27-24/h9-13,16,18,23H,8,14H2,1-7H3,(H,28,31). The van der Waals surface area contributed by atoms with Crippen LogP contribution >= 0.6 is 0 Å². The lowest BCUT2D eigenvalue weighted by Gasteiger charge is -2.30. The van der Waals surface area contributed by atoms with Gasteiger partial charge in [-0.25, -0.2) is 4.98 Å². The van der Waals surface area contributed by atoms with Crippen LogP contribution in [0, 0.1) is 19.8 Å². The normalized spacial score (nSPS) is 13.4. The number of amides is 1. The minimum atomic E-state index is -0.687. The van der Waals surface area contributed by atoms with Crippen molar-refractivity contribution in [2.24, 2.45) is 5.92 Å². The summed E-state index contributed by atoms with van der Waals surface area (Å²) in [6.45, 7) is 11.1. The van der Waals surface area contributed by atoms with Crippen LogP contribution in [0.4, 0.5) is 0 Å². The molecule has 3 atom stereocenters. The highest BCUT2D eigenvalue weighted by Gasteiger charge is 2.29. The number of carbonyl (C=O) groups excluding carboxylic acids is 3. The maximum absolute atomic E-state index is 12.7. The zero-order chi connectivity index (χ0) is 25.4. The Morgan fingerprint density at radius 1 is 1.12 bits per heavy atom. The van der Waals surface area contributed by atoms with E-state index in [0.29, 0.717) is 0 Å². The van der Waals surface area contributed by atoms with Gasteiger partial charge in [0.25, 0.3) is 5.91 Å². The number of hydrogen-bond acceptors (Lipinski definition) is 7. The van der Waals surface area contributed by atoms with E-state index in [9.17, 15) is 14.4 Å². The molecule has 1 aromatic heterocycles. The molecule has 1 heterocycles. The summed E-state index contributed by atoms with van der Waals surface area (Å²) in [6, 6.07) is 7.75. The van der Waals surface area contributed by atoms with Gasteiger partial charge in [0.2, 0.25) is 5.75 Å². The van der Waals surface area contributed by atoms with E-state index in [1.54, 1.807) is 0 Å². The first kappa shape index (κ1) is 26.8. The van der Waals surface area contributed by atoms with E-state index in [4.69, 9.17) is 14.2 Å². The number of methoxy groups -OCH3 is 1. The number of carbonyl (C=O) groups is 3. The molecule has 184 valence electrons. The fourth-order valence-corrected chi connectivity index (χ4v) is 4.03. The minimum Gasteiger partial charge on any atom is -0.493 e. The molecule has 0 saturated carbocycles. The first-order valence-electron chi connectivity index (χ1n) is 11.3. The Labute approximate surface area is 201 Å². The number of nitrogens with zero attached hydrogens (tertiary/aromatic N) is 1. The molecule has 8 nitrogen and oxygen atoms in total. The van der Waals surface area contributed by atoms with Crippen LogP contribution in [0.5, 0.6) is 11.5 Å². The van der Waals surface area contributed by atoms with Gasteiger partial charge in [0.1, 0.15) is 12.6 Å². The third-order valence-electron chi connectivity index (χ3n) is 5.81. The molecule has 0 saturated heterocycles. The first-order valence-corrected chi connectivity index (χ1v) is 11.3. The van der Waals surface area contributed by atoms with Gasteiger partial charge in [-0.2, -0.15) is 0 Å². The fourth-order valence-electron chi connectivity index (χ4n) is 4.03. The van der Waals surface area contributed by atoms with E-state index in [-0.39, 0.29) is 35.6 Å². The number of pyridine rings is 1. The van der Waals surface area contributed by atoms with Gasteiger partial charge < -0.3 is 19.5 Å². The van der Waals surface area contributed by atoms with Crippen molar-refractivity contribution in [1.82, 2.24) is 10.3 Å². The Kier molecular flexibility index (Phi) is 9.59. The third kappa shape index (κ3) is 6.79. The Morgan fingerprint density at radius 2 is 1.82 bits per heavy atom. The van der Waals surface area contributed by atoms with Gasteiger partial charge in [-0.1, -0.05) is 44.0 Å². The van der Waals surface area contributed by atoms with Crippen molar-refractivity contribution in [2.75, 3.05) is 13.7 Å². The summed E-state index contributed by atoms with van der Waals surface area (Å²) >= 11 is 0. The van der Waals surface area contributed by atoms with Crippen LogP contribution < -0.4 is 14.8 Å². The van der Waals surface area contributed by atoms with Gasteiger partial charge in [0, 0.05) is 25.1 Å². The molecule has 1 amide bonds. The van der Waals surface area contributed by atoms with Crippen molar-refractivity contribution in [3.8, 4) is 11.5 Å². The number of aromatic nitrogens is 1. The summed E-state index contributed by atoms with van der Waals surface area (Å²) in [5.41, 5.74) is 3.32. The van der Waals surface area contributed by atoms with Gasteiger partial charge in [0.05, 0.1) is 7.11 Å². The van der Waals surface area contributed by atoms with E-state index in [1.807, 2.05) is 13.8 Å². The molecule has 2 aromatic rings. The lowest BCUT2D eigenvalue weighted by Crippen LogP contribution is -2.35. The van der Waals surface area contributed by atoms with Crippen LogP contribution in [0.25, 0.3) is 0 Å². The number of hydrogen-bond donors (Lipinski definition) is 1. The topological polar surface area (TPSA) is 104 Å². The van der Waals surface area contributed by atoms with Gasteiger partial charge in [-0.05, 0) is 37.8 Å². The lowest BCUT2D eigenvalue weighted by molar-refractivity contribution is -0.148. The highest BCUT2D eigenvalue weighted by molar-refractivity contribution is 5.98. The molecular formula is C26H34N2O6. The average Bonchev–Trinajstić information content (AvgIpc) is 2.78. The summed E-state index contributed by atoms with van der Waals surface area (Å²) in [6.07, 6.45) is 1.88. The molecule has 1 aromatic carbocycles. The van der Waals surface area contributed by atoms with Crippen LogP contribution in [-0.4, -0.2) is 42.6 Å². The van der Waals surface area contributed by atoms with Crippen molar-refractivity contribution in [3.63, 3.8) is 0 Å². The van der Waals surface area contributed by atoms with Crippen molar-refractivity contribution < 1.29 is 28.6 Å². The first-order chi connectivity index (χ1) is 16.1. The smallest absolute Gasteiger partial charge is 0.325 e. The van der Waals surface area contributed by atoms with E-state index in [1.165, 1.54) is 31.9 Å². The van der Waals surface area contributed by atoms with Crippen molar-refractivity contribution >= 4 is 17.8 Å². The highest BCUT2D eigenvalue weighted by Crippen LogP contribution is 2.34. The van der Waals surface area contributed by atoms with Gasteiger partial charge >= 0.3 is 11.9 Å². The zero-order valence-electron chi connectivity index (χ0n) is 20.9. The molecule has 0 radical (unpaired) electrons. The molecule has 2 rings (SSSR count). The molecule has 0 aliphatic carbocycles. The maximum atomic E-state index is 12.7. The third-order valence-corrected chi connectivity index (χ3v) is 5.81. The fraction of sp³-hybridized carbons (Fsp3) is 0.462. The highest BCUT2D eigenvalue weighted by atomic mass is 16.6. The summed E-state index contributed by atoms with van der Waals surface area (Å²) in [5, 5.41) is 2.49. The summed E-state index contributed by atoms with van der Waals surface area (Å²) in [4.78, 5) is 40.7. The predicted molar refractivity (Wildman–Crippen MR) is 128 cm³/mol. The monoisotopic (exact) mass is 470 g/mol. The second-order valence-corrected chi connectivity index (χ2v) is 8.43. The van der Waals surface area contributed by atoms with Crippen LogP contribution in [0.2, 0.25) is 0 Å². The largest absolute Gasteiger partial charge is 0.493 e. The number of esters is 2. The molecular weight excluding hydrogens is 436 g/mol.